The zero-order valence-corrected chi connectivity index (χ0v) is 22.3. The average molecular weight is 517 g/mol. The molecule has 0 aliphatic carbocycles. The van der Waals surface area contributed by atoms with Crippen LogP contribution >= 0.6 is 7.82 Å². The number of nitrogens with one attached hydrogen (secondary N) is 2. The molecule has 2 atom stereocenters. The highest BCUT2D eigenvalue weighted by Gasteiger charge is 2.31. The van der Waals surface area contributed by atoms with Crippen molar-refractivity contribution in [3.63, 3.8) is 0 Å². The zero-order valence-electron chi connectivity index (χ0n) is 21.4. The summed E-state index contributed by atoms with van der Waals surface area (Å²) in [5.74, 6) is -0.816. The van der Waals surface area contributed by atoms with Crippen LogP contribution in [0.5, 0.6) is 5.75 Å². The number of carbonyl (C=O) groups is 3. The van der Waals surface area contributed by atoms with Crippen LogP contribution in [0.1, 0.15) is 50.8 Å². The van der Waals surface area contributed by atoms with Gasteiger partial charge in [0.1, 0.15) is 11.8 Å². The molecule has 0 aliphatic rings. The van der Waals surface area contributed by atoms with Gasteiger partial charge < -0.3 is 25.0 Å². The van der Waals surface area contributed by atoms with Crippen molar-refractivity contribution in [1.29, 1.82) is 0 Å². The Balaban J connectivity index is 2.74. The average Bonchev–Trinajstić information content (AvgIpc) is 2.71. The van der Waals surface area contributed by atoms with Crippen LogP contribution in [0.4, 0.5) is 0 Å². The molecular weight excluding hydrogens is 479 g/mol. The molecule has 1 aromatic rings. The van der Waals surface area contributed by atoms with Crippen LogP contribution in [0.25, 0.3) is 0 Å². The molecule has 1 aromatic carbocycles. The van der Waals surface area contributed by atoms with Gasteiger partial charge in [-0.1, -0.05) is 19.9 Å². The molecular formula is C23H37N2O9P. The van der Waals surface area contributed by atoms with E-state index >= 15 is 0 Å². The summed E-state index contributed by atoms with van der Waals surface area (Å²) in [5, 5.41) is 5.27. The minimum Gasteiger partial charge on any atom is -0.425 e. The quantitative estimate of drug-likeness (QED) is 0.146. The van der Waals surface area contributed by atoms with Gasteiger partial charge in [0, 0.05) is 38.0 Å². The van der Waals surface area contributed by atoms with Crippen LogP contribution in [0.3, 0.4) is 0 Å². The minimum absolute atomic E-state index is 0.0590. The van der Waals surface area contributed by atoms with E-state index in [1.807, 2.05) is 33.8 Å². The van der Waals surface area contributed by atoms with Crippen molar-refractivity contribution in [3.05, 3.63) is 28.8 Å². The van der Waals surface area contributed by atoms with Crippen molar-refractivity contribution < 1.29 is 42.4 Å². The molecule has 0 heterocycles. The number of esters is 1. The van der Waals surface area contributed by atoms with E-state index in [1.54, 1.807) is 13.0 Å². The molecule has 2 amide bonds. The van der Waals surface area contributed by atoms with Crippen LogP contribution in [-0.4, -0.2) is 62.2 Å². The molecule has 12 heteroatoms. The smallest absolute Gasteiger partial charge is 0.425 e. The summed E-state index contributed by atoms with van der Waals surface area (Å²) in [6, 6.07) is 2.87. The summed E-state index contributed by atoms with van der Waals surface area (Å²) >= 11 is 0. The highest BCUT2D eigenvalue weighted by atomic mass is 31.2. The SMILES string of the molecule is COP(=O)(O)OCCOCCNC(=O)CC(C)(C)c1c(C)cc(C)cc1OC(=O)C(C)NC(C)=O. The second-order valence-corrected chi connectivity index (χ2v) is 10.4. The van der Waals surface area contributed by atoms with Crippen molar-refractivity contribution in [2.24, 2.45) is 0 Å². The van der Waals surface area contributed by atoms with E-state index in [4.69, 9.17) is 14.4 Å². The molecule has 11 nitrogen and oxygen atoms in total. The number of amides is 2. The van der Waals surface area contributed by atoms with Crippen molar-refractivity contribution in [2.75, 3.05) is 33.5 Å². The van der Waals surface area contributed by atoms with E-state index in [1.165, 1.54) is 6.92 Å². The number of phosphoric ester groups is 1. The molecule has 3 N–H and O–H groups in total. The highest BCUT2D eigenvalue weighted by Crippen LogP contribution is 2.41. The molecule has 0 aromatic heterocycles. The molecule has 2 unspecified atom stereocenters. The number of rotatable bonds is 14. The van der Waals surface area contributed by atoms with Gasteiger partial charge >= 0.3 is 13.8 Å². The molecule has 0 aliphatic heterocycles. The second kappa shape index (κ2) is 13.7. The van der Waals surface area contributed by atoms with Crippen LogP contribution in [-0.2, 0) is 38.1 Å². The Morgan fingerprint density at radius 2 is 1.80 bits per heavy atom. The van der Waals surface area contributed by atoms with E-state index < -0.39 is 25.2 Å². The topological polar surface area (TPSA) is 149 Å². The van der Waals surface area contributed by atoms with Gasteiger partial charge in [0.2, 0.25) is 11.8 Å². The summed E-state index contributed by atoms with van der Waals surface area (Å²) < 4.78 is 31.0. The van der Waals surface area contributed by atoms with Gasteiger partial charge in [-0.2, -0.15) is 0 Å². The lowest BCUT2D eigenvalue weighted by Gasteiger charge is -2.29. The summed E-state index contributed by atoms with van der Waals surface area (Å²) in [6.45, 7) is 10.8. The van der Waals surface area contributed by atoms with Gasteiger partial charge in [-0.3, -0.25) is 18.6 Å². The first-order valence-corrected chi connectivity index (χ1v) is 12.7. The number of benzene rings is 1. The molecule has 0 spiro atoms. The lowest BCUT2D eigenvalue weighted by molar-refractivity contribution is -0.138. The van der Waals surface area contributed by atoms with Gasteiger partial charge in [0.15, 0.2) is 0 Å². The Kier molecular flexibility index (Phi) is 12.0. The monoisotopic (exact) mass is 516 g/mol. The Bertz CT molecular complexity index is 949. The van der Waals surface area contributed by atoms with E-state index in [-0.39, 0.29) is 44.6 Å². The molecule has 0 saturated carbocycles. The molecule has 0 fully saturated rings. The third-order valence-electron chi connectivity index (χ3n) is 4.99. The fourth-order valence-electron chi connectivity index (χ4n) is 3.62. The standard InChI is InChI=1S/C23H37N2O9P/c1-15-12-16(2)21(19(13-15)34-22(28)17(3)25-18(4)26)23(5,6)14-20(27)24-8-9-32-10-11-33-35(29,30)31-7/h12-13,17H,8-11,14H2,1-7H3,(H,24,27)(H,25,26)(H,29,30). The number of hydrogen-bond donors (Lipinski definition) is 3. The predicted molar refractivity (Wildman–Crippen MR) is 129 cm³/mol. The van der Waals surface area contributed by atoms with Crippen LogP contribution < -0.4 is 15.4 Å². The Morgan fingerprint density at radius 1 is 1.14 bits per heavy atom. The first-order chi connectivity index (χ1) is 16.2. The lowest BCUT2D eigenvalue weighted by Crippen LogP contribution is -2.40. The summed E-state index contributed by atoms with van der Waals surface area (Å²) in [5.41, 5.74) is 1.82. The van der Waals surface area contributed by atoms with Crippen molar-refractivity contribution >= 4 is 25.6 Å². The van der Waals surface area contributed by atoms with E-state index in [0.29, 0.717) is 5.75 Å². The molecule has 0 radical (unpaired) electrons. The van der Waals surface area contributed by atoms with Crippen molar-refractivity contribution in [3.8, 4) is 5.75 Å². The maximum Gasteiger partial charge on any atom is 0.471 e. The van der Waals surface area contributed by atoms with E-state index in [0.717, 1.165) is 23.8 Å². The normalized spacial score (nSPS) is 14.1. The molecule has 1 rings (SSSR count). The van der Waals surface area contributed by atoms with Gasteiger partial charge in [0.25, 0.3) is 0 Å². The van der Waals surface area contributed by atoms with E-state index in [2.05, 4.69) is 19.7 Å². The van der Waals surface area contributed by atoms with Crippen LogP contribution in [0, 0.1) is 13.8 Å². The number of ether oxygens (including phenoxy) is 2. The molecule has 0 saturated heterocycles. The highest BCUT2D eigenvalue weighted by molar-refractivity contribution is 7.47. The number of hydrogen-bond acceptors (Lipinski definition) is 8. The third-order valence-corrected chi connectivity index (χ3v) is 5.96. The first kappa shape index (κ1) is 30.7. The Morgan fingerprint density at radius 3 is 2.40 bits per heavy atom. The largest absolute Gasteiger partial charge is 0.471 e. The maximum atomic E-state index is 12.6. The third kappa shape index (κ3) is 10.9. The number of carbonyl (C=O) groups excluding carboxylic acids is 3. The minimum atomic E-state index is -4.03. The Labute approximate surface area is 206 Å². The second-order valence-electron chi connectivity index (χ2n) is 8.81. The summed E-state index contributed by atoms with van der Waals surface area (Å²) in [4.78, 5) is 45.5. The van der Waals surface area contributed by atoms with E-state index in [9.17, 15) is 18.9 Å². The zero-order chi connectivity index (χ0) is 26.8. The van der Waals surface area contributed by atoms with Gasteiger partial charge in [-0.05, 0) is 38.0 Å². The summed E-state index contributed by atoms with van der Waals surface area (Å²) in [7, 11) is -2.96. The lowest BCUT2D eigenvalue weighted by atomic mass is 9.78. The molecule has 35 heavy (non-hydrogen) atoms. The molecule has 198 valence electrons. The molecule has 0 bridgehead atoms. The fourth-order valence-corrected chi connectivity index (χ4v) is 4.03. The van der Waals surface area contributed by atoms with Gasteiger partial charge in [-0.15, -0.1) is 0 Å². The number of phosphoric acid groups is 1. The predicted octanol–water partition coefficient (Wildman–Crippen LogP) is 2.30. The van der Waals surface area contributed by atoms with Crippen molar-refractivity contribution in [1.82, 2.24) is 10.6 Å². The van der Waals surface area contributed by atoms with Crippen molar-refractivity contribution in [2.45, 2.75) is 59.4 Å². The van der Waals surface area contributed by atoms with Crippen LogP contribution in [0.15, 0.2) is 12.1 Å². The van der Waals surface area contributed by atoms with Crippen LogP contribution in [0.2, 0.25) is 0 Å². The Hall–Kier alpha value is -2.30. The van der Waals surface area contributed by atoms with Gasteiger partial charge in [-0.25, -0.2) is 9.36 Å². The summed E-state index contributed by atoms with van der Waals surface area (Å²) in [6.07, 6.45) is 0.118. The first-order valence-electron chi connectivity index (χ1n) is 11.2. The fraction of sp³-hybridized carbons (Fsp3) is 0.609. The number of aryl methyl sites for hydroxylation is 2. The maximum absolute atomic E-state index is 12.6. The van der Waals surface area contributed by atoms with Gasteiger partial charge in [0.05, 0.1) is 19.8 Å².